The Morgan fingerprint density at radius 1 is 1.16 bits per heavy atom. The molecule has 1 amide bonds. The highest BCUT2D eigenvalue weighted by molar-refractivity contribution is 7.22. The van der Waals surface area contributed by atoms with Crippen LogP contribution < -0.4 is 4.90 Å². The fourth-order valence-corrected chi connectivity index (χ4v) is 5.21. The van der Waals surface area contributed by atoms with Crippen LogP contribution in [0.5, 0.6) is 0 Å². The number of morpholine rings is 1. The Morgan fingerprint density at radius 3 is 2.65 bits per heavy atom. The molecular weight excluding hydrogens is 453 g/mol. The lowest BCUT2D eigenvalue weighted by Crippen LogP contribution is -2.39. The number of rotatable bonds is 6. The molecule has 2 heterocycles. The van der Waals surface area contributed by atoms with Crippen LogP contribution in [0.2, 0.25) is 10.0 Å². The molecule has 1 aliphatic heterocycles. The van der Waals surface area contributed by atoms with Crippen molar-refractivity contribution in [2.24, 2.45) is 0 Å². The first-order valence-electron chi connectivity index (χ1n) is 10.4. The summed E-state index contributed by atoms with van der Waals surface area (Å²) < 4.78 is 6.50. The Balaban J connectivity index is 1.62. The van der Waals surface area contributed by atoms with Crippen molar-refractivity contribution in [3.8, 4) is 0 Å². The Labute approximate surface area is 196 Å². The maximum Gasteiger partial charge on any atom is 0.261 e. The topological polar surface area (TPSA) is 45.7 Å². The van der Waals surface area contributed by atoms with E-state index in [-0.39, 0.29) is 5.91 Å². The Hall–Kier alpha value is -1.70. The molecule has 4 rings (SSSR count). The summed E-state index contributed by atoms with van der Waals surface area (Å²) >= 11 is 13.9. The second kappa shape index (κ2) is 9.84. The molecule has 1 saturated heterocycles. The van der Waals surface area contributed by atoms with Gasteiger partial charge in [-0.2, -0.15) is 0 Å². The first kappa shape index (κ1) is 22.5. The first-order chi connectivity index (χ1) is 14.9. The standard InChI is InChI=1S/C23H25Cl2N3O2S/c1-15-12-20-21(13-16(15)2)31-23(26-20)28(7-3-6-27-8-10-30-11-9-27)22(29)18-5-4-17(24)14-19(18)25/h4-5,12-14H,3,6-11H2,1-2H3. The average Bonchev–Trinajstić information content (AvgIpc) is 3.14. The predicted octanol–water partition coefficient (Wildman–Crippen LogP) is 5.59. The number of thiazole rings is 1. The van der Waals surface area contributed by atoms with Crippen LogP contribution in [0, 0.1) is 13.8 Å². The third-order valence-electron chi connectivity index (χ3n) is 5.59. The summed E-state index contributed by atoms with van der Waals surface area (Å²) in [4.78, 5) is 22.4. The van der Waals surface area contributed by atoms with Gasteiger partial charge in [-0.3, -0.25) is 14.6 Å². The molecule has 1 aromatic heterocycles. The van der Waals surface area contributed by atoms with Gasteiger partial charge in [0, 0.05) is 31.2 Å². The van der Waals surface area contributed by atoms with Crippen LogP contribution in [-0.4, -0.2) is 55.2 Å². The van der Waals surface area contributed by atoms with Gasteiger partial charge in [0.1, 0.15) is 0 Å². The number of ether oxygens (including phenoxy) is 1. The van der Waals surface area contributed by atoms with Gasteiger partial charge in [-0.1, -0.05) is 34.5 Å². The molecule has 0 spiro atoms. The third-order valence-corrected chi connectivity index (χ3v) is 7.18. The SMILES string of the molecule is Cc1cc2nc(N(CCCN3CCOCC3)C(=O)c3ccc(Cl)cc3Cl)sc2cc1C. The molecule has 5 nitrogen and oxygen atoms in total. The first-order valence-corrected chi connectivity index (χ1v) is 11.9. The molecular formula is C23H25Cl2N3O2S. The van der Waals surface area contributed by atoms with E-state index in [1.54, 1.807) is 23.1 Å². The lowest BCUT2D eigenvalue weighted by molar-refractivity contribution is 0.0376. The fraction of sp³-hybridized carbons (Fsp3) is 0.391. The van der Waals surface area contributed by atoms with E-state index in [1.165, 1.54) is 22.5 Å². The van der Waals surface area contributed by atoms with E-state index in [0.29, 0.717) is 27.3 Å². The number of carbonyl (C=O) groups is 1. The van der Waals surface area contributed by atoms with Crippen molar-refractivity contribution in [1.29, 1.82) is 0 Å². The number of hydrogen-bond acceptors (Lipinski definition) is 5. The second-order valence-electron chi connectivity index (χ2n) is 7.79. The predicted molar refractivity (Wildman–Crippen MR) is 129 cm³/mol. The summed E-state index contributed by atoms with van der Waals surface area (Å²) in [5, 5.41) is 1.55. The lowest BCUT2D eigenvalue weighted by atomic mass is 10.1. The highest BCUT2D eigenvalue weighted by atomic mass is 35.5. The van der Waals surface area contributed by atoms with Crippen LogP contribution in [-0.2, 0) is 4.74 Å². The minimum Gasteiger partial charge on any atom is -0.379 e. The van der Waals surface area contributed by atoms with Crippen LogP contribution >= 0.6 is 34.5 Å². The normalized spacial score (nSPS) is 14.8. The smallest absolute Gasteiger partial charge is 0.261 e. The summed E-state index contributed by atoms with van der Waals surface area (Å²) in [6.07, 6.45) is 0.838. The van der Waals surface area contributed by atoms with Crippen molar-refractivity contribution in [1.82, 2.24) is 9.88 Å². The Bertz CT molecular complexity index is 1060. The van der Waals surface area contributed by atoms with E-state index in [2.05, 4.69) is 30.9 Å². The summed E-state index contributed by atoms with van der Waals surface area (Å²) in [5.41, 5.74) is 3.75. The lowest BCUT2D eigenvalue weighted by Gasteiger charge is -2.27. The third kappa shape index (κ3) is 5.21. The number of carbonyl (C=O) groups excluding carboxylic acids is 1. The van der Waals surface area contributed by atoms with Gasteiger partial charge in [-0.15, -0.1) is 0 Å². The van der Waals surface area contributed by atoms with Gasteiger partial charge in [-0.25, -0.2) is 4.98 Å². The van der Waals surface area contributed by atoms with Crippen molar-refractivity contribution >= 4 is 55.8 Å². The zero-order chi connectivity index (χ0) is 22.0. The maximum absolute atomic E-state index is 13.5. The summed E-state index contributed by atoms with van der Waals surface area (Å²) in [6.45, 7) is 9.02. The molecule has 1 aliphatic rings. The van der Waals surface area contributed by atoms with E-state index in [0.717, 1.165) is 49.5 Å². The minimum absolute atomic E-state index is 0.156. The number of amides is 1. The van der Waals surface area contributed by atoms with Gasteiger partial charge in [0.05, 0.1) is 34.0 Å². The molecule has 3 aromatic rings. The highest BCUT2D eigenvalue weighted by Crippen LogP contribution is 2.33. The van der Waals surface area contributed by atoms with Crippen LogP contribution in [0.15, 0.2) is 30.3 Å². The monoisotopic (exact) mass is 477 g/mol. The highest BCUT2D eigenvalue weighted by Gasteiger charge is 2.24. The molecule has 0 saturated carbocycles. The van der Waals surface area contributed by atoms with Crippen molar-refractivity contribution in [2.75, 3.05) is 44.3 Å². The number of halogens is 2. The van der Waals surface area contributed by atoms with E-state index in [9.17, 15) is 4.79 Å². The van der Waals surface area contributed by atoms with Crippen LogP contribution in [0.1, 0.15) is 27.9 Å². The van der Waals surface area contributed by atoms with Gasteiger partial charge >= 0.3 is 0 Å². The molecule has 2 aromatic carbocycles. The molecule has 8 heteroatoms. The zero-order valence-electron chi connectivity index (χ0n) is 17.7. The van der Waals surface area contributed by atoms with Gasteiger partial charge in [0.25, 0.3) is 5.91 Å². The van der Waals surface area contributed by atoms with Crippen molar-refractivity contribution < 1.29 is 9.53 Å². The number of benzene rings is 2. The number of fused-ring (bicyclic) bond motifs is 1. The van der Waals surface area contributed by atoms with Gasteiger partial charge < -0.3 is 4.74 Å². The number of aryl methyl sites for hydroxylation is 2. The molecule has 0 unspecified atom stereocenters. The second-order valence-corrected chi connectivity index (χ2v) is 9.64. The van der Waals surface area contributed by atoms with Crippen molar-refractivity contribution in [3.63, 3.8) is 0 Å². The Kier molecular flexibility index (Phi) is 7.14. The molecule has 0 bridgehead atoms. The fourth-order valence-electron chi connectivity index (χ4n) is 3.65. The quantitative estimate of drug-likeness (QED) is 0.464. The summed E-state index contributed by atoms with van der Waals surface area (Å²) in [7, 11) is 0. The molecule has 164 valence electrons. The molecule has 1 fully saturated rings. The number of nitrogens with zero attached hydrogens (tertiary/aromatic N) is 3. The van der Waals surface area contributed by atoms with Crippen LogP contribution in [0.25, 0.3) is 10.2 Å². The molecule has 0 aliphatic carbocycles. The zero-order valence-corrected chi connectivity index (χ0v) is 20.0. The van der Waals surface area contributed by atoms with E-state index in [4.69, 9.17) is 32.9 Å². The van der Waals surface area contributed by atoms with E-state index >= 15 is 0 Å². The van der Waals surface area contributed by atoms with E-state index in [1.807, 2.05) is 0 Å². The van der Waals surface area contributed by atoms with E-state index < -0.39 is 0 Å². The molecule has 0 atom stereocenters. The largest absolute Gasteiger partial charge is 0.379 e. The maximum atomic E-state index is 13.5. The number of anilines is 1. The van der Waals surface area contributed by atoms with Gasteiger partial charge in [0.15, 0.2) is 5.13 Å². The molecule has 31 heavy (non-hydrogen) atoms. The molecule has 0 radical (unpaired) electrons. The number of aromatic nitrogens is 1. The van der Waals surface area contributed by atoms with Crippen molar-refractivity contribution in [2.45, 2.75) is 20.3 Å². The number of hydrogen-bond donors (Lipinski definition) is 0. The van der Waals surface area contributed by atoms with Gasteiger partial charge in [0.2, 0.25) is 0 Å². The minimum atomic E-state index is -0.156. The average molecular weight is 478 g/mol. The van der Waals surface area contributed by atoms with Crippen LogP contribution in [0.4, 0.5) is 5.13 Å². The summed E-state index contributed by atoms with van der Waals surface area (Å²) in [5.74, 6) is -0.156. The van der Waals surface area contributed by atoms with Gasteiger partial charge in [-0.05, 0) is 61.7 Å². The summed E-state index contributed by atoms with van der Waals surface area (Å²) in [6, 6.07) is 9.20. The Morgan fingerprint density at radius 2 is 1.90 bits per heavy atom. The van der Waals surface area contributed by atoms with Crippen LogP contribution in [0.3, 0.4) is 0 Å². The molecule has 0 N–H and O–H groups in total. The van der Waals surface area contributed by atoms with Crippen molar-refractivity contribution in [3.05, 3.63) is 57.1 Å².